The molecule has 0 bridgehead atoms. The van der Waals surface area contributed by atoms with Gasteiger partial charge in [-0.15, -0.1) is 0 Å². The Bertz CT molecular complexity index is 976. The van der Waals surface area contributed by atoms with Crippen molar-refractivity contribution in [1.29, 1.82) is 0 Å². The van der Waals surface area contributed by atoms with Crippen LogP contribution in [0.2, 0.25) is 0 Å². The molecule has 0 aliphatic carbocycles. The number of nitrogens with one attached hydrogen (secondary N) is 1. The summed E-state index contributed by atoms with van der Waals surface area (Å²) < 4.78 is 26.0. The zero-order valence-electron chi connectivity index (χ0n) is 18.5. The van der Waals surface area contributed by atoms with Crippen molar-refractivity contribution in [2.75, 3.05) is 30.7 Å². The number of sulfonamides is 1. The van der Waals surface area contributed by atoms with E-state index >= 15 is 0 Å². The highest BCUT2D eigenvalue weighted by molar-refractivity contribution is 7.92. The summed E-state index contributed by atoms with van der Waals surface area (Å²) in [5.74, 6) is -0.692. The average molecular weight is 446 g/mol. The van der Waals surface area contributed by atoms with Crippen molar-refractivity contribution in [3.8, 4) is 0 Å². The maximum Gasteiger partial charge on any atom is 0.244 e. The highest BCUT2D eigenvalue weighted by Gasteiger charge is 2.30. The van der Waals surface area contributed by atoms with Crippen molar-refractivity contribution in [1.82, 2.24) is 10.2 Å². The molecule has 7 nitrogen and oxygen atoms in total. The molecule has 2 amide bonds. The zero-order chi connectivity index (χ0) is 23.0. The minimum absolute atomic E-state index is 0.273. The van der Waals surface area contributed by atoms with Crippen molar-refractivity contribution in [3.63, 3.8) is 0 Å². The molecule has 31 heavy (non-hydrogen) atoms. The van der Waals surface area contributed by atoms with Gasteiger partial charge in [0.15, 0.2) is 0 Å². The van der Waals surface area contributed by atoms with E-state index in [2.05, 4.69) is 5.32 Å². The second-order valence-electron chi connectivity index (χ2n) is 7.47. The van der Waals surface area contributed by atoms with Crippen LogP contribution in [0.4, 0.5) is 5.69 Å². The van der Waals surface area contributed by atoms with Gasteiger partial charge in [-0.25, -0.2) is 8.42 Å². The van der Waals surface area contributed by atoms with Gasteiger partial charge in [-0.3, -0.25) is 13.9 Å². The first kappa shape index (κ1) is 24.4. The highest BCUT2D eigenvalue weighted by atomic mass is 32.2. The monoisotopic (exact) mass is 445 g/mol. The molecule has 0 saturated heterocycles. The van der Waals surface area contributed by atoms with Crippen LogP contribution in [0, 0.1) is 6.92 Å². The Labute approximate surface area is 185 Å². The summed E-state index contributed by atoms with van der Waals surface area (Å²) in [6.45, 7) is 3.67. The lowest BCUT2D eigenvalue weighted by Crippen LogP contribution is -2.52. The summed E-state index contributed by atoms with van der Waals surface area (Å²) in [5, 5.41) is 2.61. The topological polar surface area (TPSA) is 86.8 Å². The van der Waals surface area contributed by atoms with E-state index in [0.29, 0.717) is 25.1 Å². The van der Waals surface area contributed by atoms with Crippen molar-refractivity contribution in [3.05, 3.63) is 65.7 Å². The zero-order valence-corrected chi connectivity index (χ0v) is 19.4. The molecular weight excluding hydrogens is 414 g/mol. The predicted molar refractivity (Wildman–Crippen MR) is 123 cm³/mol. The predicted octanol–water partition coefficient (Wildman–Crippen LogP) is 2.36. The molecule has 1 N–H and O–H groups in total. The first-order valence-electron chi connectivity index (χ1n) is 10.3. The standard InChI is InChI=1S/C23H31N3O4S/c1-5-21(23(28)24-3)25(16-15-19-9-7-6-8-10-19)22(27)17-26(31(4,29)30)20-13-11-18(2)12-14-20/h6-14,21H,5,15-17H2,1-4H3,(H,24,28). The molecular formula is C23H31N3O4S. The van der Waals surface area contributed by atoms with Crippen LogP contribution in [0.15, 0.2) is 54.6 Å². The Hall–Kier alpha value is -2.87. The van der Waals surface area contributed by atoms with Crippen LogP contribution in [0.1, 0.15) is 24.5 Å². The normalized spacial score (nSPS) is 12.1. The first-order valence-corrected chi connectivity index (χ1v) is 12.1. The van der Waals surface area contributed by atoms with Gasteiger partial charge in [0, 0.05) is 13.6 Å². The molecule has 0 radical (unpaired) electrons. The number of amides is 2. The van der Waals surface area contributed by atoms with Crippen molar-refractivity contribution >= 4 is 27.5 Å². The molecule has 1 unspecified atom stereocenters. The number of benzene rings is 2. The number of nitrogens with zero attached hydrogens (tertiary/aromatic N) is 2. The Morgan fingerprint density at radius 3 is 2.16 bits per heavy atom. The Kier molecular flexibility index (Phi) is 8.62. The Balaban J connectivity index is 2.32. The number of carbonyl (C=O) groups is 2. The lowest BCUT2D eigenvalue weighted by molar-refractivity contribution is -0.139. The van der Waals surface area contributed by atoms with Crippen LogP contribution < -0.4 is 9.62 Å². The molecule has 0 aliphatic rings. The van der Waals surface area contributed by atoms with Crippen LogP contribution in [-0.2, 0) is 26.0 Å². The summed E-state index contributed by atoms with van der Waals surface area (Å²) in [7, 11) is -2.17. The van der Waals surface area contributed by atoms with Crippen LogP contribution >= 0.6 is 0 Å². The maximum atomic E-state index is 13.3. The van der Waals surface area contributed by atoms with Crippen LogP contribution in [0.5, 0.6) is 0 Å². The van der Waals surface area contributed by atoms with Crippen LogP contribution in [-0.4, -0.2) is 57.6 Å². The van der Waals surface area contributed by atoms with E-state index in [1.807, 2.05) is 44.2 Å². The van der Waals surface area contributed by atoms with Gasteiger partial charge in [0.25, 0.3) is 0 Å². The van der Waals surface area contributed by atoms with Gasteiger partial charge in [0.2, 0.25) is 21.8 Å². The SMILES string of the molecule is CCC(C(=O)NC)N(CCc1ccccc1)C(=O)CN(c1ccc(C)cc1)S(C)(=O)=O. The van der Waals surface area contributed by atoms with E-state index in [1.165, 1.54) is 11.9 Å². The molecule has 2 rings (SSSR count). The average Bonchev–Trinajstić information content (AvgIpc) is 2.75. The molecule has 0 heterocycles. The smallest absolute Gasteiger partial charge is 0.244 e. The van der Waals surface area contributed by atoms with Gasteiger partial charge in [-0.05, 0) is 37.5 Å². The fraction of sp³-hybridized carbons (Fsp3) is 0.391. The van der Waals surface area contributed by atoms with E-state index in [-0.39, 0.29) is 12.5 Å². The molecule has 2 aromatic carbocycles. The van der Waals surface area contributed by atoms with Gasteiger partial charge in [0.05, 0.1) is 11.9 Å². The lowest BCUT2D eigenvalue weighted by atomic mass is 10.1. The number of anilines is 1. The third kappa shape index (κ3) is 6.82. The number of carbonyl (C=O) groups excluding carboxylic acids is 2. The highest BCUT2D eigenvalue weighted by Crippen LogP contribution is 2.19. The number of aryl methyl sites for hydroxylation is 1. The molecule has 2 aromatic rings. The number of hydrogen-bond donors (Lipinski definition) is 1. The summed E-state index contributed by atoms with van der Waals surface area (Å²) in [4.78, 5) is 27.3. The molecule has 0 aromatic heterocycles. The fourth-order valence-electron chi connectivity index (χ4n) is 3.39. The largest absolute Gasteiger partial charge is 0.357 e. The van der Waals surface area contributed by atoms with Crippen molar-refractivity contribution in [2.45, 2.75) is 32.7 Å². The molecule has 168 valence electrons. The third-order valence-electron chi connectivity index (χ3n) is 5.12. The van der Waals surface area contributed by atoms with E-state index in [0.717, 1.165) is 21.7 Å². The lowest BCUT2D eigenvalue weighted by Gasteiger charge is -2.32. The van der Waals surface area contributed by atoms with Crippen molar-refractivity contribution < 1.29 is 18.0 Å². The minimum atomic E-state index is -3.70. The number of likely N-dealkylation sites (N-methyl/N-ethyl adjacent to an activating group) is 1. The molecule has 0 aliphatic heterocycles. The molecule has 0 saturated carbocycles. The van der Waals surface area contributed by atoms with Gasteiger partial charge in [-0.1, -0.05) is 55.0 Å². The van der Waals surface area contributed by atoms with E-state index in [4.69, 9.17) is 0 Å². The fourth-order valence-corrected chi connectivity index (χ4v) is 4.24. The van der Waals surface area contributed by atoms with Gasteiger partial charge < -0.3 is 10.2 Å². The van der Waals surface area contributed by atoms with E-state index in [1.54, 1.807) is 24.3 Å². The second kappa shape index (κ2) is 10.9. The molecule has 0 spiro atoms. The molecule has 1 atom stereocenters. The Morgan fingerprint density at radius 1 is 1.03 bits per heavy atom. The maximum absolute atomic E-state index is 13.3. The van der Waals surface area contributed by atoms with Gasteiger partial charge in [0.1, 0.15) is 12.6 Å². The van der Waals surface area contributed by atoms with Crippen LogP contribution in [0.25, 0.3) is 0 Å². The summed E-state index contributed by atoms with van der Waals surface area (Å²) in [6, 6.07) is 15.9. The quantitative estimate of drug-likeness (QED) is 0.608. The summed E-state index contributed by atoms with van der Waals surface area (Å²) in [5.41, 5.74) is 2.43. The number of hydrogen-bond acceptors (Lipinski definition) is 4. The van der Waals surface area contributed by atoms with Crippen molar-refractivity contribution in [2.24, 2.45) is 0 Å². The minimum Gasteiger partial charge on any atom is -0.357 e. The summed E-state index contributed by atoms with van der Waals surface area (Å²) in [6.07, 6.45) is 2.05. The third-order valence-corrected chi connectivity index (χ3v) is 6.26. The Morgan fingerprint density at radius 2 is 1.65 bits per heavy atom. The van der Waals surface area contributed by atoms with Crippen LogP contribution in [0.3, 0.4) is 0 Å². The van der Waals surface area contributed by atoms with Gasteiger partial charge in [-0.2, -0.15) is 0 Å². The first-order chi connectivity index (χ1) is 14.7. The summed E-state index contributed by atoms with van der Waals surface area (Å²) >= 11 is 0. The van der Waals surface area contributed by atoms with E-state index < -0.39 is 22.0 Å². The molecule has 8 heteroatoms. The van der Waals surface area contributed by atoms with E-state index in [9.17, 15) is 18.0 Å². The number of rotatable bonds is 10. The van der Waals surface area contributed by atoms with Gasteiger partial charge >= 0.3 is 0 Å². The molecule has 0 fully saturated rings. The second-order valence-corrected chi connectivity index (χ2v) is 9.37.